The molecule has 6 nitrogen and oxygen atoms in total. The van der Waals surface area contributed by atoms with E-state index in [-0.39, 0.29) is 12.3 Å². The van der Waals surface area contributed by atoms with E-state index >= 15 is 0 Å². The van der Waals surface area contributed by atoms with Gasteiger partial charge < -0.3 is 10.1 Å². The Labute approximate surface area is 155 Å². The van der Waals surface area contributed by atoms with Gasteiger partial charge >= 0.3 is 6.03 Å². The van der Waals surface area contributed by atoms with Crippen molar-refractivity contribution in [3.05, 3.63) is 64.7 Å². The molecule has 1 atom stereocenters. The Bertz CT molecular complexity index is 864. The van der Waals surface area contributed by atoms with Crippen LogP contribution in [0.4, 0.5) is 4.79 Å². The van der Waals surface area contributed by atoms with E-state index in [1.807, 2.05) is 0 Å². The molecule has 1 fully saturated rings. The van der Waals surface area contributed by atoms with Gasteiger partial charge in [-0.25, -0.2) is 4.79 Å². The molecule has 0 aromatic heterocycles. The number of methoxy groups -OCH3 is 1. The van der Waals surface area contributed by atoms with Crippen LogP contribution in [0.25, 0.3) is 0 Å². The molecule has 0 aliphatic carbocycles. The third-order valence-electron chi connectivity index (χ3n) is 4.41. The van der Waals surface area contributed by atoms with E-state index < -0.39 is 17.5 Å². The summed E-state index contributed by atoms with van der Waals surface area (Å²) < 4.78 is 5.11. The first kappa shape index (κ1) is 17.9. The summed E-state index contributed by atoms with van der Waals surface area (Å²) in [6.07, 6.45) is 0. The number of hydrogen-bond donors (Lipinski definition) is 1. The van der Waals surface area contributed by atoms with Gasteiger partial charge in [-0.2, -0.15) is 0 Å². The summed E-state index contributed by atoms with van der Waals surface area (Å²) in [5.41, 5.74) is -0.241. The zero-order chi connectivity index (χ0) is 18.9. The molecule has 1 unspecified atom stereocenters. The molecule has 2 aromatic rings. The summed E-state index contributed by atoms with van der Waals surface area (Å²) in [7, 11) is 1.54. The zero-order valence-corrected chi connectivity index (χ0v) is 15.0. The lowest BCUT2D eigenvalue weighted by molar-refractivity contribution is -0.130. The van der Waals surface area contributed by atoms with Crippen molar-refractivity contribution in [1.29, 1.82) is 0 Å². The topological polar surface area (TPSA) is 75.7 Å². The van der Waals surface area contributed by atoms with Crippen LogP contribution in [-0.4, -0.2) is 36.3 Å². The van der Waals surface area contributed by atoms with Gasteiger partial charge in [-0.1, -0.05) is 23.7 Å². The third kappa shape index (κ3) is 3.15. The molecule has 1 aliphatic rings. The van der Waals surface area contributed by atoms with E-state index in [2.05, 4.69) is 5.32 Å². The first-order chi connectivity index (χ1) is 12.3. The number of nitrogens with zero attached hydrogens (tertiary/aromatic N) is 1. The standard InChI is InChI=1S/C19H17ClN2O4/c1-19(13-5-9-15(26-2)10-6-13)17(24)22(18(25)21-19)11-16(23)12-3-7-14(20)8-4-12/h3-10H,11H2,1-2H3,(H,21,25). The Morgan fingerprint density at radius 3 is 2.31 bits per heavy atom. The molecule has 0 bridgehead atoms. The molecular weight excluding hydrogens is 356 g/mol. The van der Waals surface area contributed by atoms with Gasteiger partial charge in [0.25, 0.3) is 5.91 Å². The quantitative estimate of drug-likeness (QED) is 0.646. The molecule has 0 saturated carbocycles. The van der Waals surface area contributed by atoms with Gasteiger partial charge in [-0.3, -0.25) is 14.5 Å². The number of imide groups is 1. The van der Waals surface area contributed by atoms with Gasteiger partial charge in [0.1, 0.15) is 11.3 Å². The number of amides is 3. The van der Waals surface area contributed by atoms with Crippen LogP contribution in [-0.2, 0) is 10.3 Å². The zero-order valence-electron chi connectivity index (χ0n) is 14.3. The minimum atomic E-state index is -1.23. The minimum Gasteiger partial charge on any atom is -0.497 e. The van der Waals surface area contributed by atoms with Crippen molar-refractivity contribution >= 4 is 29.3 Å². The maximum atomic E-state index is 12.9. The fourth-order valence-corrected chi connectivity index (χ4v) is 2.96. The molecule has 1 saturated heterocycles. The predicted molar refractivity (Wildman–Crippen MR) is 96.4 cm³/mol. The fourth-order valence-electron chi connectivity index (χ4n) is 2.83. The number of ketones is 1. The molecule has 3 amide bonds. The van der Waals surface area contributed by atoms with Crippen molar-refractivity contribution in [3.63, 3.8) is 0 Å². The Morgan fingerprint density at radius 1 is 1.12 bits per heavy atom. The van der Waals surface area contributed by atoms with Gasteiger partial charge in [0.05, 0.1) is 13.7 Å². The number of ether oxygens (including phenoxy) is 1. The molecule has 26 heavy (non-hydrogen) atoms. The van der Waals surface area contributed by atoms with E-state index in [0.717, 1.165) is 4.90 Å². The number of halogens is 1. The van der Waals surface area contributed by atoms with Crippen LogP contribution in [0, 0.1) is 0 Å². The van der Waals surface area contributed by atoms with Crippen molar-refractivity contribution in [2.75, 3.05) is 13.7 Å². The van der Waals surface area contributed by atoms with Crippen LogP contribution in [0.15, 0.2) is 48.5 Å². The van der Waals surface area contributed by atoms with Gasteiger partial charge in [0, 0.05) is 10.6 Å². The van der Waals surface area contributed by atoms with Crippen molar-refractivity contribution in [2.45, 2.75) is 12.5 Å². The summed E-state index contributed by atoms with van der Waals surface area (Å²) in [5.74, 6) is -0.178. The molecule has 7 heteroatoms. The van der Waals surface area contributed by atoms with Gasteiger partial charge in [0.15, 0.2) is 5.78 Å². The van der Waals surface area contributed by atoms with Crippen LogP contribution < -0.4 is 10.1 Å². The number of Topliss-reactive ketones (excluding diaryl/α,β-unsaturated/α-hetero) is 1. The second-order valence-electron chi connectivity index (χ2n) is 6.11. The second kappa shape index (κ2) is 6.80. The van der Waals surface area contributed by atoms with Crippen molar-refractivity contribution in [3.8, 4) is 5.75 Å². The number of urea groups is 1. The summed E-state index contributed by atoms with van der Waals surface area (Å²) >= 11 is 5.81. The summed E-state index contributed by atoms with van der Waals surface area (Å²) in [6, 6.07) is 12.5. The molecule has 1 heterocycles. The van der Waals surface area contributed by atoms with Crippen LogP contribution in [0.2, 0.25) is 5.02 Å². The first-order valence-electron chi connectivity index (χ1n) is 7.92. The molecule has 2 aromatic carbocycles. The Balaban J connectivity index is 1.81. The number of hydrogen-bond acceptors (Lipinski definition) is 4. The van der Waals surface area contributed by atoms with Crippen molar-refractivity contribution in [2.24, 2.45) is 0 Å². The average Bonchev–Trinajstić information content (AvgIpc) is 2.86. The maximum absolute atomic E-state index is 12.9. The number of nitrogens with one attached hydrogen (secondary N) is 1. The number of rotatable bonds is 5. The summed E-state index contributed by atoms with van der Waals surface area (Å²) in [5, 5.41) is 3.18. The monoisotopic (exact) mass is 372 g/mol. The molecule has 0 spiro atoms. The van der Waals surface area contributed by atoms with Crippen LogP contribution in [0.5, 0.6) is 5.75 Å². The molecule has 0 radical (unpaired) electrons. The normalized spacial score (nSPS) is 19.4. The van der Waals surface area contributed by atoms with Crippen molar-refractivity contribution in [1.82, 2.24) is 10.2 Å². The highest BCUT2D eigenvalue weighted by Crippen LogP contribution is 2.30. The summed E-state index contributed by atoms with van der Waals surface area (Å²) in [4.78, 5) is 38.5. The van der Waals surface area contributed by atoms with E-state index in [0.29, 0.717) is 21.9 Å². The van der Waals surface area contributed by atoms with Crippen LogP contribution in [0.1, 0.15) is 22.8 Å². The van der Waals surface area contributed by atoms with Crippen LogP contribution >= 0.6 is 11.6 Å². The van der Waals surface area contributed by atoms with Crippen molar-refractivity contribution < 1.29 is 19.1 Å². The number of carbonyl (C=O) groups excluding carboxylic acids is 3. The Kier molecular flexibility index (Phi) is 4.70. The predicted octanol–water partition coefficient (Wildman–Crippen LogP) is 3.00. The molecular formula is C19H17ClN2O4. The fraction of sp³-hybridized carbons (Fsp3) is 0.211. The van der Waals surface area contributed by atoms with E-state index in [9.17, 15) is 14.4 Å². The molecule has 3 rings (SSSR count). The van der Waals surface area contributed by atoms with Gasteiger partial charge in [0.2, 0.25) is 0 Å². The molecule has 1 aliphatic heterocycles. The SMILES string of the molecule is COc1ccc(C2(C)NC(=O)N(CC(=O)c3ccc(Cl)cc3)C2=O)cc1. The highest BCUT2D eigenvalue weighted by molar-refractivity contribution is 6.30. The van der Waals surface area contributed by atoms with Crippen LogP contribution in [0.3, 0.4) is 0 Å². The van der Waals surface area contributed by atoms with Gasteiger partial charge in [-0.05, 0) is 48.9 Å². The van der Waals surface area contributed by atoms with E-state index in [1.165, 1.54) is 0 Å². The number of carbonyl (C=O) groups is 3. The highest BCUT2D eigenvalue weighted by atomic mass is 35.5. The Hall–Kier alpha value is -2.86. The molecule has 1 N–H and O–H groups in total. The lowest BCUT2D eigenvalue weighted by Gasteiger charge is -2.22. The van der Waals surface area contributed by atoms with E-state index in [1.54, 1.807) is 62.6 Å². The summed E-state index contributed by atoms with van der Waals surface area (Å²) in [6.45, 7) is 1.28. The lowest BCUT2D eigenvalue weighted by atomic mass is 9.92. The largest absolute Gasteiger partial charge is 0.497 e. The van der Waals surface area contributed by atoms with Gasteiger partial charge in [-0.15, -0.1) is 0 Å². The molecule has 134 valence electrons. The highest BCUT2D eigenvalue weighted by Gasteiger charge is 2.49. The van der Waals surface area contributed by atoms with E-state index in [4.69, 9.17) is 16.3 Å². The third-order valence-corrected chi connectivity index (χ3v) is 4.66. The average molecular weight is 373 g/mol. The second-order valence-corrected chi connectivity index (χ2v) is 6.54. The Morgan fingerprint density at radius 2 is 1.73 bits per heavy atom. The smallest absolute Gasteiger partial charge is 0.325 e. The lowest BCUT2D eigenvalue weighted by Crippen LogP contribution is -2.41. The first-order valence-corrected chi connectivity index (χ1v) is 8.30. The number of benzene rings is 2. The maximum Gasteiger partial charge on any atom is 0.325 e. The minimum absolute atomic E-state index is 0.335.